The van der Waals surface area contributed by atoms with Crippen LogP contribution < -0.4 is 25.1 Å². The number of benzene rings is 1. The topological polar surface area (TPSA) is 85.5 Å². The average molecular weight is 291 g/mol. The zero-order chi connectivity index (χ0) is 15.4. The maximum atomic E-state index is 11.4. The highest BCUT2D eigenvalue weighted by Crippen LogP contribution is 2.40. The van der Waals surface area contributed by atoms with Crippen LogP contribution in [0.2, 0.25) is 0 Å². The molecule has 0 radical (unpaired) electrons. The van der Waals surface area contributed by atoms with Crippen LogP contribution in [0.4, 0.5) is 11.6 Å². The molecule has 0 bridgehead atoms. The quantitative estimate of drug-likeness (QED) is 0.874. The molecule has 0 unspecified atom stereocenters. The largest absolute Gasteiger partial charge is 0.493 e. The van der Waals surface area contributed by atoms with Gasteiger partial charge in [0.2, 0.25) is 11.7 Å². The summed E-state index contributed by atoms with van der Waals surface area (Å²) in [6.07, 6.45) is 0. The Kier molecular flexibility index (Phi) is 4.32. The van der Waals surface area contributed by atoms with Gasteiger partial charge in [-0.15, -0.1) is 0 Å². The SMILES string of the molecule is COc1cc(Nc2nc(C)cc(=O)[nH]2)cc(OC)c1OC. The molecule has 7 heteroatoms. The van der Waals surface area contributed by atoms with Crippen molar-refractivity contribution in [1.82, 2.24) is 9.97 Å². The minimum Gasteiger partial charge on any atom is -0.493 e. The number of nitrogens with one attached hydrogen (secondary N) is 2. The molecule has 0 fully saturated rings. The molecule has 2 N–H and O–H groups in total. The molecule has 0 aliphatic rings. The van der Waals surface area contributed by atoms with Crippen molar-refractivity contribution < 1.29 is 14.2 Å². The lowest BCUT2D eigenvalue weighted by molar-refractivity contribution is 0.324. The van der Waals surface area contributed by atoms with Crippen LogP contribution in [0.15, 0.2) is 23.0 Å². The third-order valence-corrected chi connectivity index (χ3v) is 2.80. The van der Waals surface area contributed by atoms with Crippen molar-refractivity contribution in [3.8, 4) is 17.2 Å². The summed E-state index contributed by atoms with van der Waals surface area (Å²) < 4.78 is 15.8. The third-order valence-electron chi connectivity index (χ3n) is 2.80. The molecule has 1 aromatic carbocycles. The predicted molar refractivity (Wildman–Crippen MR) is 79.0 cm³/mol. The van der Waals surface area contributed by atoms with Crippen molar-refractivity contribution >= 4 is 11.6 Å². The number of hydrogen-bond donors (Lipinski definition) is 2. The van der Waals surface area contributed by atoms with Crippen molar-refractivity contribution in [3.05, 3.63) is 34.2 Å². The van der Waals surface area contributed by atoms with Gasteiger partial charge in [-0.1, -0.05) is 0 Å². The second-order valence-electron chi connectivity index (χ2n) is 4.27. The molecule has 0 atom stereocenters. The summed E-state index contributed by atoms with van der Waals surface area (Å²) in [6.45, 7) is 1.75. The second kappa shape index (κ2) is 6.17. The lowest BCUT2D eigenvalue weighted by Gasteiger charge is -2.14. The first-order chi connectivity index (χ1) is 10.1. The Morgan fingerprint density at radius 3 is 2.14 bits per heavy atom. The summed E-state index contributed by atoms with van der Waals surface area (Å²) in [5, 5.41) is 3.00. The van der Waals surface area contributed by atoms with Crippen molar-refractivity contribution in [2.75, 3.05) is 26.6 Å². The van der Waals surface area contributed by atoms with Gasteiger partial charge in [-0.3, -0.25) is 9.78 Å². The van der Waals surface area contributed by atoms with Gasteiger partial charge < -0.3 is 19.5 Å². The highest BCUT2D eigenvalue weighted by molar-refractivity contribution is 5.65. The normalized spacial score (nSPS) is 10.1. The van der Waals surface area contributed by atoms with E-state index in [-0.39, 0.29) is 5.56 Å². The summed E-state index contributed by atoms with van der Waals surface area (Å²) in [6, 6.07) is 4.87. The molecule has 7 nitrogen and oxygen atoms in total. The first kappa shape index (κ1) is 14.7. The Morgan fingerprint density at radius 2 is 1.67 bits per heavy atom. The smallest absolute Gasteiger partial charge is 0.252 e. The maximum Gasteiger partial charge on any atom is 0.252 e. The Morgan fingerprint density at radius 1 is 1.05 bits per heavy atom. The molecule has 21 heavy (non-hydrogen) atoms. The number of aromatic nitrogens is 2. The number of methoxy groups -OCH3 is 3. The highest BCUT2D eigenvalue weighted by Gasteiger charge is 2.13. The number of aryl methyl sites for hydroxylation is 1. The summed E-state index contributed by atoms with van der Waals surface area (Å²) in [4.78, 5) is 18.3. The number of nitrogens with zero attached hydrogens (tertiary/aromatic N) is 1. The van der Waals surface area contributed by atoms with Gasteiger partial charge in [0.1, 0.15) is 0 Å². The van der Waals surface area contributed by atoms with E-state index in [1.165, 1.54) is 27.4 Å². The minimum absolute atomic E-state index is 0.225. The Hall–Kier alpha value is -2.70. The van der Waals surface area contributed by atoms with Crippen molar-refractivity contribution in [2.45, 2.75) is 6.92 Å². The average Bonchev–Trinajstić information content (AvgIpc) is 2.45. The van der Waals surface area contributed by atoms with Crippen molar-refractivity contribution in [2.24, 2.45) is 0 Å². The molecule has 0 amide bonds. The Bertz CT molecular complexity index is 672. The van der Waals surface area contributed by atoms with Crippen LogP contribution in [-0.2, 0) is 0 Å². The second-order valence-corrected chi connectivity index (χ2v) is 4.27. The molecule has 1 heterocycles. The van der Waals surface area contributed by atoms with Crippen LogP contribution in [0.3, 0.4) is 0 Å². The lowest BCUT2D eigenvalue weighted by atomic mass is 10.2. The van der Waals surface area contributed by atoms with Crippen LogP contribution >= 0.6 is 0 Å². The first-order valence-electron chi connectivity index (χ1n) is 6.22. The summed E-state index contributed by atoms with van der Waals surface area (Å²) in [5.41, 5.74) is 1.05. The van der Waals surface area contributed by atoms with Crippen LogP contribution in [0.1, 0.15) is 5.69 Å². The number of aromatic amines is 1. The molecule has 2 aromatic rings. The third kappa shape index (κ3) is 3.25. The fourth-order valence-electron chi connectivity index (χ4n) is 1.93. The van der Waals surface area contributed by atoms with E-state index >= 15 is 0 Å². The number of H-pyrrole nitrogens is 1. The minimum atomic E-state index is -0.225. The predicted octanol–water partition coefficient (Wildman–Crippen LogP) is 1.85. The summed E-state index contributed by atoms with van der Waals surface area (Å²) >= 11 is 0. The van der Waals surface area contributed by atoms with Gasteiger partial charge in [-0.25, -0.2) is 4.98 Å². The van der Waals surface area contributed by atoms with E-state index in [1.807, 2.05) is 0 Å². The highest BCUT2D eigenvalue weighted by atomic mass is 16.5. The van der Waals surface area contributed by atoms with Gasteiger partial charge in [0, 0.05) is 29.6 Å². The maximum absolute atomic E-state index is 11.4. The van der Waals surface area contributed by atoms with Crippen LogP contribution in [0, 0.1) is 6.92 Å². The fourth-order valence-corrected chi connectivity index (χ4v) is 1.93. The zero-order valence-electron chi connectivity index (χ0n) is 12.3. The van der Waals surface area contributed by atoms with Gasteiger partial charge in [-0.2, -0.15) is 0 Å². The van der Waals surface area contributed by atoms with E-state index in [0.717, 1.165) is 0 Å². The number of rotatable bonds is 5. The molecule has 0 aliphatic carbocycles. The van der Waals surface area contributed by atoms with Gasteiger partial charge in [0.05, 0.1) is 21.3 Å². The fraction of sp³-hybridized carbons (Fsp3) is 0.286. The molecule has 112 valence electrons. The monoisotopic (exact) mass is 291 g/mol. The zero-order valence-corrected chi connectivity index (χ0v) is 12.3. The molecular formula is C14H17N3O4. The molecular weight excluding hydrogens is 274 g/mol. The molecule has 1 aromatic heterocycles. The van der Waals surface area contributed by atoms with Crippen molar-refractivity contribution in [3.63, 3.8) is 0 Å². The van der Waals surface area contributed by atoms with Gasteiger partial charge >= 0.3 is 0 Å². The van der Waals surface area contributed by atoms with Gasteiger partial charge in [-0.05, 0) is 6.92 Å². The summed E-state index contributed by atoms with van der Waals surface area (Å²) in [7, 11) is 4.61. The standard InChI is InChI=1S/C14H17N3O4/c1-8-5-12(18)17-14(15-8)16-9-6-10(19-2)13(21-4)11(7-9)20-3/h5-7H,1-4H3,(H2,15,16,17,18). The summed E-state index contributed by atoms with van der Waals surface area (Å²) in [5.74, 6) is 1.86. The Labute approximate surface area is 121 Å². The number of ether oxygens (including phenoxy) is 3. The number of hydrogen-bond acceptors (Lipinski definition) is 6. The molecule has 0 saturated carbocycles. The van der Waals surface area contributed by atoms with Crippen molar-refractivity contribution in [1.29, 1.82) is 0 Å². The van der Waals surface area contributed by atoms with E-state index < -0.39 is 0 Å². The van der Waals surface area contributed by atoms with E-state index in [4.69, 9.17) is 14.2 Å². The molecule has 2 rings (SSSR count). The van der Waals surface area contributed by atoms with Gasteiger partial charge in [0.15, 0.2) is 11.5 Å². The van der Waals surface area contributed by atoms with E-state index in [1.54, 1.807) is 19.1 Å². The van der Waals surface area contributed by atoms with Crippen LogP contribution in [0.25, 0.3) is 0 Å². The first-order valence-corrected chi connectivity index (χ1v) is 6.22. The lowest BCUT2D eigenvalue weighted by Crippen LogP contribution is -2.10. The Balaban J connectivity index is 2.42. The van der Waals surface area contributed by atoms with E-state index in [9.17, 15) is 4.79 Å². The van der Waals surface area contributed by atoms with E-state index in [2.05, 4.69) is 15.3 Å². The van der Waals surface area contributed by atoms with Gasteiger partial charge in [0.25, 0.3) is 5.56 Å². The molecule has 0 saturated heterocycles. The van der Waals surface area contributed by atoms with E-state index in [0.29, 0.717) is 34.6 Å². The number of anilines is 2. The molecule has 0 spiro atoms. The van der Waals surface area contributed by atoms with Crippen LogP contribution in [-0.4, -0.2) is 31.3 Å². The molecule has 0 aliphatic heterocycles. The van der Waals surface area contributed by atoms with Crippen LogP contribution in [0.5, 0.6) is 17.2 Å².